The largest absolute Gasteiger partial charge is 0.497 e. The fourth-order valence-corrected chi connectivity index (χ4v) is 1.72. The number of aromatic nitrogens is 2. The Hall–Kier alpha value is -2.63. The lowest BCUT2D eigenvalue weighted by molar-refractivity contribution is 0.0690. The van der Waals surface area contributed by atoms with Gasteiger partial charge in [-0.1, -0.05) is 12.1 Å². The van der Waals surface area contributed by atoms with Crippen LogP contribution in [0.15, 0.2) is 36.5 Å². The molecule has 0 aliphatic heterocycles. The third kappa shape index (κ3) is 3.23. The Morgan fingerprint density at radius 3 is 2.60 bits per heavy atom. The molecule has 1 aromatic heterocycles. The van der Waals surface area contributed by atoms with E-state index >= 15 is 0 Å². The molecule has 0 aliphatic carbocycles. The molecule has 20 heavy (non-hydrogen) atoms. The topological polar surface area (TPSA) is 84.3 Å². The van der Waals surface area contributed by atoms with Crippen molar-refractivity contribution in [3.8, 4) is 5.75 Å². The van der Waals surface area contributed by atoms with E-state index in [0.29, 0.717) is 0 Å². The molecule has 0 aliphatic rings. The van der Waals surface area contributed by atoms with Crippen molar-refractivity contribution in [2.75, 3.05) is 12.4 Å². The van der Waals surface area contributed by atoms with Gasteiger partial charge in [-0.25, -0.2) is 14.8 Å². The summed E-state index contributed by atoms with van der Waals surface area (Å²) < 4.78 is 5.10. The number of nitrogens with one attached hydrogen (secondary N) is 1. The van der Waals surface area contributed by atoms with Gasteiger partial charge >= 0.3 is 5.97 Å². The first-order valence-corrected chi connectivity index (χ1v) is 6.07. The summed E-state index contributed by atoms with van der Waals surface area (Å²) in [6, 6.07) is 8.88. The van der Waals surface area contributed by atoms with Crippen molar-refractivity contribution in [3.05, 3.63) is 47.8 Å². The van der Waals surface area contributed by atoms with Crippen molar-refractivity contribution in [3.63, 3.8) is 0 Å². The number of carbonyl (C=O) groups is 1. The summed E-state index contributed by atoms with van der Waals surface area (Å²) in [7, 11) is 1.61. The lowest BCUT2D eigenvalue weighted by Crippen LogP contribution is -2.11. The van der Waals surface area contributed by atoms with E-state index in [1.807, 2.05) is 31.2 Å². The summed E-state index contributed by atoms with van der Waals surface area (Å²) in [5, 5.41) is 12.0. The van der Waals surface area contributed by atoms with Gasteiger partial charge in [0, 0.05) is 6.20 Å². The van der Waals surface area contributed by atoms with E-state index in [-0.39, 0.29) is 17.7 Å². The second-order valence-electron chi connectivity index (χ2n) is 4.21. The first-order chi connectivity index (χ1) is 9.60. The number of hydrogen-bond acceptors (Lipinski definition) is 5. The Bertz CT molecular complexity index is 599. The van der Waals surface area contributed by atoms with Crippen LogP contribution in [0.3, 0.4) is 0 Å². The Labute approximate surface area is 116 Å². The predicted octanol–water partition coefficient (Wildman–Crippen LogP) is 2.36. The highest BCUT2D eigenvalue weighted by molar-refractivity contribution is 5.85. The van der Waals surface area contributed by atoms with Crippen molar-refractivity contribution in [1.82, 2.24) is 9.97 Å². The highest BCUT2D eigenvalue weighted by atomic mass is 16.5. The molecule has 0 fully saturated rings. The van der Waals surface area contributed by atoms with Crippen LogP contribution in [0.1, 0.15) is 29.0 Å². The van der Waals surface area contributed by atoms with Crippen molar-refractivity contribution < 1.29 is 14.6 Å². The average Bonchev–Trinajstić information content (AvgIpc) is 2.47. The number of carboxylic acid groups (broad SMARTS) is 1. The number of carboxylic acids is 1. The quantitative estimate of drug-likeness (QED) is 0.870. The fourth-order valence-electron chi connectivity index (χ4n) is 1.72. The average molecular weight is 273 g/mol. The molecule has 0 saturated carbocycles. The highest BCUT2D eigenvalue weighted by Gasteiger charge is 2.10. The molecule has 2 aromatic rings. The zero-order valence-corrected chi connectivity index (χ0v) is 11.2. The molecular weight excluding hydrogens is 258 g/mol. The Morgan fingerprint density at radius 1 is 1.30 bits per heavy atom. The molecular formula is C14H15N3O3. The van der Waals surface area contributed by atoms with E-state index in [4.69, 9.17) is 9.84 Å². The van der Waals surface area contributed by atoms with Crippen LogP contribution in [0.25, 0.3) is 0 Å². The first kappa shape index (κ1) is 13.8. The van der Waals surface area contributed by atoms with Crippen LogP contribution < -0.4 is 10.1 Å². The number of nitrogens with zero attached hydrogens (tertiary/aromatic N) is 2. The third-order valence-corrected chi connectivity index (χ3v) is 2.84. The molecule has 0 saturated heterocycles. The van der Waals surface area contributed by atoms with Crippen LogP contribution in [0, 0.1) is 0 Å². The maximum Gasteiger partial charge on any atom is 0.354 e. The molecule has 0 spiro atoms. The smallest absolute Gasteiger partial charge is 0.354 e. The zero-order valence-electron chi connectivity index (χ0n) is 11.2. The molecule has 2 rings (SSSR count). The Morgan fingerprint density at radius 2 is 2.00 bits per heavy atom. The van der Waals surface area contributed by atoms with Crippen LogP contribution in [-0.2, 0) is 0 Å². The van der Waals surface area contributed by atoms with E-state index < -0.39 is 5.97 Å². The summed E-state index contributed by atoms with van der Waals surface area (Å²) in [6.45, 7) is 1.94. The maximum atomic E-state index is 10.8. The number of anilines is 1. The molecule has 0 bridgehead atoms. The lowest BCUT2D eigenvalue weighted by Gasteiger charge is -2.14. The minimum atomic E-state index is -1.08. The molecule has 1 unspecified atom stereocenters. The first-order valence-electron chi connectivity index (χ1n) is 6.07. The highest BCUT2D eigenvalue weighted by Crippen LogP contribution is 2.19. The predicted molar refractivity (Wildman–Crippen MR) is 74.0 cm³/mol. The van der Waals surface area contributed by atoms with E-state index in [2.05, 4.69) is 15.3 Å². The van der Waals surface area contributed by atoms with Gasteiger partial charge < -0.3 is 15.2 Å². The van der Waals surface area contributed by atoms with Gasteiger partial charge in [0.05, 0.1) is 13.2 Å². The second kappa shape index (κ2) is 6.01. The summed E-state index contributed by atoms with van der Waals surface area (Å²) >= 11 is 0. The van der Waals surface area contributed by atoms with E-state index in [1.54, 1.807) is 7.11 Å². The van der Waals surface area contributed by atoms with Crippen molar-refractivity contribution in [2.45, 2.75) is 13.0 Å². The van der Waals surface area contributed by atoms with Crippen LogP contribution >= 0.6 is 0 Å². The number of methoxy groups -OCH3 is 1. The molecule has 1 aromatic carbocycles. The fraction of sp³-hybridized carbons (Fsp3) is 0.214. The molecule has 0 amide bonds. The minimum absolute atomic E-state index is 0.0376. The summed E-state index contributed by atoms with van der Waals surface area (Å²) in [5.41, 5.74) is 0.986. The molecule has 104 valence electrons. The molecule has 1 atom stereocenters. The van der Waals surface area contributed by atoms with Gasteiger partial charge in [-0.05, 0) is 30.7 Å². The summed E-state index contributed by atoms with van der Waals surface area (Å²) in [5.74, 6) is -0.00848. The van der Waals surface area contributed by atoms with Gasteiger partial charge in [-0.3, -0.25) is 0 Å². The maximum absolute atomic E-state index is 10.8. The van der Waals surface area contributed by atoms with Crippen LogP contribution in [0.5, 0.6) is 5.75 Å². The van der Waals surface area contributed by atoms with Gasteiger partial charge in [0.2, 0.25) is 5.95 Å². The molecule has 1 heterocycles. The molecule has 0 radical (unpaired) electrons. The van der Waals surface area contributed by atoms with Gasteiger partial charge in [0.25, 0.3) is 0 Å². The summed E-state index contributed by atoms with van der Waals surface area (Å²) in [6.07, 6.45) is 1.42. The normalized spacial score (nSPS) is 11.7. The monoisotopic (exact) mass is 273 g/mol. The van der Waals surface area contributed by atoms with Crippen LogP contribution in [-0.4, -0.2) is 28.2 Å². The number of rotatable bonds is 5. The summed E-state index contributed by atoms with van der Waals surface area (Å²) in [4.78, 5) is 18.8. The van der Waals surface area contributed by atoms with E-state index in [9.17, 15) is 4.79 Å². The number of benzene rings is 1. The molecule has 6 heteroatoms. The Kier molecular flexibility index (Phi) is 4.14. The van der Waals surface area contributed by atoms with Gasteiger partial charge in [-0.2, -0.15) is 0 Å². The van der Waals surface area contributed by atoms with Gasteiger partial charge in [0.15, 0.2) is 5.69 Å². The number of hydrogen-bond donors (Lipinski definition) is 2. The standard InChI is InChI=1S/C14H15N3O3/c1-9(10-3-5-11(20-2)6-4-10)16-14-15-8-7-12(17-14)13(18)19/h3-9H,1-2H3,(H,18,19)(H,15,16,17). The SMILES string of the molecule is COc1ccc(C(C)Nc2nccc(C(=O)O)n2)cc1. The third-order valence-electron chi connectivity index (χ3n) is 2.84. The van der Waals surface area contributed by atoms with Gasteiger partial charge in [-0.15, -0.1) is 0 Å². The van der Waals surface area contributed by atoms with Gasteiger partial charge in [0.1, 0.15) is 5.75 Å². The van der Waals surface area contributed by atoms with Crippen molar-refractivity contribution in [2.24, 2.45) is 0 Å². The number of ether oxygens (including phenoxy) is 1. The zero-order chi connectivity index (χ0) is 14.5. The lowest BCUT2D eigenvalue weighted by atomic mass is 10.1. The second-order valence-corrected chi connectivity index (χ2v) is 4.21. The van der Waals surface area contributed by atoms with Crippen molar-refractivity contribution >= 4 is 11.9 Å². The van der Waals surface area contributed by atoms with E-state index in [1.165, 1.54) is 12.3 Å². The minimum Gasteiger partial charge on any atom is -0.497 e. The molecule has 2 N–H and O–H groups in total. The Balaban J connectivity index is 2.12. The number of aromatic carboxylic acids is 1. The van der Waals surface area contributed by atoms with Crippen LogP contribution in [0.2, 0.25) is 0 Å². The van der Waals surface area contributed by atoms with E-state index in [0.717, 1.165) is 11.3 Å². The molecule has 6 nitrogen and oxygen atoms in total. The van der Waals surface area contributed by atoms with Crippen LogP contribution in [0.4, 0.5) is 5.95 Å². The van der Waals surface area contributed by atoms with Crippen molar-refractivity contribution in [1.29, 1.82) is 0 Å².